The van der Waals surface area contributed by atoms with Gasteiger partial charge < -0.3 is 10.6 Å². The van der Waals surface area contributed by atoms with E-state index in [9.17, 15) is 8.42 Å². The number of anilines is 1. The number of nitrogens with one attached hydrogen (secondary N) is 2. The van der Waals surface area contributed by atoms with Gasteiger partial charge in [-0.15, -0.1) is 24.0 Å². The van der Waals surface area contributed by atoms with Crippen molar-refractivity contribution in [3.05, 3.63) is 58.9 Å². The average Bonchev–Trinajstić information content (AvgIpc) is 3.14. The molecular weight excluding hydrogens is 537 g/mol. The monoisotopic (exact) mass is 563 g/mol. The first kappa shape index (κ1) is 24.7. The highest BCUT2D eigenvalue weighted by Crippen LogP contribution is 2.29. The SMILES string of the molecule is CCNC(=NCCS(=O)(=O)N1CCc2ccccc21)NCCc1ccc(Cl)nc1.I. The largest absolute Gasteiger partial charge is 0.357 e. The first-order chi connectivity index (χ1) is 14.0. The summed E-state index contributed by atoms with van der Waals surface area (Å²) in [5.41, 5.74) is 2.93. The molecular formula is C20H27ClIN5O2S. The fourth-order valence-corrected chi connectivity index (χ4v) is 4.70. The molecule has 2 N–H and O–H groups in total. The van der Waals surface area contributed by atoms with Crippen LogP contribution in [0.2, 0.25) is 5.15 Å². The van der Waals surface area contributed by atoms with Crippen LogP contribution in [-0.4, -0.2) is 51.3 Å². The lowest BCUT2D eigenvalue weighted by molar-refractivity contribution is 0.592. The molecule has 2 heterocycles. The average molecular weight is 564 g/mol. The summed E-state index contributed by atoms with van der Waals surface area (Å²) in [5, 5.41) is 6.84. The van der Waals surface area contributed by atoms with Crippen LogP contribution in [0, 0.1) is 0 Å². The minimum Gasteiger partial charge on any atom is -0.357 e. The van der Waals surface area contributed by atoms with Gasteiger partial charge in [-0.2, -0.15) is 0 Å². The summed E-state index contributed by atoms with van der Waals surface area (Å²) >= 11 is 5.80. The number of hydrogen-bond donors (Lipinski definition) is 2. The van der Waals surface area contributed by atoms with E-state index in [0.717, 1.165) is 29.7 Å². The van der Waals surface area contributed by atoms with Crippen LogP contribution in [0.25, 0.3) is 0 Å². The van der Waals surface area contributed by atoms with Gasteiger partial charge in [-0.05, 0) is 43.0 Å². The van der Waals surface area contributed by atoms with Gasteiger partial charge in [0.1, 0.15) is 5.15 Å². The first-order valence-electron chi connectivity index (χ1n) is 9.70. The van der Waals surface area contributed by atoms with Gasteiger partial charge in [0, 0.05) is 25.8 Å². The normalized spacial score (nSPS) is 13.5. The molecule has 1 aliphatic heterocycles. The molecule has 0 saturated heterocycles. The van der Waals surface area contributed by atoms with Gasteiger partial charge in [0.25, 0.3) is 0 Å². The van der Waals surface area contributed by atoms with E-state index in [0.29, 0.717) is 30.7 Å². The third-order valence-electron chi connectivity index (χ3n) is 4.64. The minimum atomic E-state index is -3.40. The summed E-state index contributed by atoms with van der Waals surface area (Å²) < 4.78 is 27.0. The molecule has 0 spiro atoms. The number of hydrogen-bond acceptors (Lipinski definition) is 4. The van der Waals surface area contributed by atoms with Crippen molar-refractivity contribution in [1.29, 1.82) is 0 Å². The number of sulfonamides is 1. The maximum atomic E-state index is 12.8. The summed E-state index contributed by atoms with van der Waals surface area (Å²) in [6.45, 7) is 4.01. The lowest BCUT2D eigenvalue weighted by atomic mass is 10.2. The second-order valence-corrected chi connectivity index (χ2v) is 9.09. The summed E-state index contributed by atoms with van der Waals surface area (Å²) in [6, 6.07) is 11.3. The molecule has 0 radical (unpaired) electrons. The van der Waals surface area contributed by atoms with Crippen LogP contribution < -0.4 is 14.9 Å². The number of nitrogens with zero attached hydrogens (tertiary/aromatic N) is 3. The number of rotatable bonds is 8. The number of aromatic nitrogens is 1. The molecule has 10 heteroatoms. The summed E-state index contributed by atoms with van der Waals surface area (Å²) in [7, 11) is -3.40. The molecule has 0 fully saturated rings. The van der Waals surface area contributed by atoms with Gasteiger partial charge in [0.2, 0.25) is 10.0 Å². The number of halogens is 2. The molecule has 0 saturated carbocycles. The second-order valence-electron chi connectivity index (χ2n) is 6.69. The zero-order valence-corrected chi connectivity index (χ0v) is 20.7. The van der Waals surface area contributed by atoms with E-state index < -0.39 is 10.0 Å². The highest BCUT2D eigenvalue weighted by atomic mass is 127. The number of benzene rings is 1. The van der Waals surface area contributed by atoms with Crippen molar-refractivity contribution in [2.45, 2.75) is 19.8 Å². The molecule has 164 valence electrons. The molecule has 0 amide bonds. The van der Waals surface area contributed by atoms with Crippen molar-refractivity contribution in [2.75, 3.05) is 36.2 Å². The van der Waals surface area contributed by atoms with E-state index in [1.165, 1.54) is 4.31 Å². The molecule has 30 heavy (non-hydrogen) atoms. The maximum Gasteiger partial charge on any atom is 0.237 e. The molecule has 3 rings (SSSR count). The smallest absolute Gasteiger partial charge is 0.237 e. The molecule has 0 aliphatic carbocycles. The van der Waals surface area contributed by atoms with E-state index in [4.69, 9.17) is 11.6 Å². The van der Waals surface area contributed by atoms with Crippen LogP contribution in [0.1, 0.15) is 18.1 Å². The summed E-state index contributed by atoms with van der Waals surface area (Å²) in [6.07, 6.45) is 3.26. The quantitative estimate of drug-likeness (QED) is 0.223. The third-order valence-corrected chi connectivity index (χ3v) is 6.61. The number of pyridine rings is 1. The molecule has 2 aromatic rings. The van der Waals surface area contributed by atoms with Crippen LogP contribution in [0.5, 0.6) is 0 Å². The molecule has 1 aromatic carbocycles. The predicted molar refractivity (Wildman–Crippen MR) is 134 cm³/mol. The zero-order valence-electron chi connectivity index (χ0n) is 16.8. The first-order valence-corrected chi connectivity index (χ1v) is 11.7. The van der Waals surface area contributed by atoms with E-state index in [1.54, 1.807) is 12.3 Å². The topological polar surface area (TPSA) is 86.7 Å². The molecule has 0 unspecified atom stereocenters. The molecule has 7 nitrogen and oxygen atoms in total. The lowest BCUT2D eigenvalue weighted by Gasteiger charge is -2.19. The Hall–Kier alpha value is -1.59. The van der Waals surface area contributed by atoms with E-state index in [2.05, 4.69) is 20.6 Å². The summed E-state index contributed by atoms with van der Waals surface area (Å²) in [4.78, 5) is 8.49. The Balaban J connectivity index is 0.00000320. The lowest BCUT2D eigenvalue weighted by Crippen LogP contribution is -2.39. The van der Waals surface area contributed by atoms with Gasteiger partial charge in [-0.1, -0.05) is 35.9 Å². The number of fused-ring (bicyclic) bond motifs is 1. The molecule has 0 atom stereocenters. The van der Waals surface area contributed by atoms with Gasteiger partial charge in [0.15, 0.2) is 5.96 Å². The predicted octanol–water partition coefficient (Wildman–Crippen LogP) is 2.84. The maximum absolute atomic E-state index is 12.8. The van der Waals surface area contributed by atoms with Crippen LogP contribution in [0.4, 0.5) is 5.69 Å². The van der Waals surface area contributed by atoms with Crippen LogP contribution in [0.3, 0.4) is 0 Å². The Morgan fingerprint density at radius 1 is 1.23 bits per heavy atom. The Morgan fingerprint density at radius 2 is 2.03 bits per heavy atom. The van der Waals surface area contributed by atoms with Gasteiger partial charge in [0.05, 0.1) is 18.0 Å². The van der Waals surface area contributed by atoms with Crippen molar-refractivity contribution in [2.24, 2.45) is 4.99 Å². The number of aliphatic imine (C=N–C) groups is 1. The van der Waals surface area contributed by atoms with Crippen molar-refractivity contribution in [3.63, 3.8) is 0 Å². The number of para-hydroxylation sites is 1. The van der Waals surface area contributed by atoms with Crippen LogP contribution in [0.15, 0.2) is 47.6 Å². The Bertz CT molecular complexity index is 954. The molecule has 0 bridgehead atoms. The van der Waals surface area contributed by atoms with E-state index in [-0.39, 0.29) is 36.3 Å². The van der Waals surface area contributed by atoms with Crippen LogP contribution >= 0.6 is 35.6 Å². The van der Waals surface area contributed by atoms with Gasteiger partial charge >= 0.3 is 0 Å². The zero-order chi connectivity index (χ0) is 20.7. The third kappa shape index (κ3) is 6.71. The highest BCUT2D eigenvalue weighted by Gasteiger charge is 2.28. The Morgan fingerprint density at radius 3 is 2.77 bits per heavy atom. The molecule has 1 aliphatic rings. The fraction of sp³-hybridized carbons (Fsp3) is 0.400. The van der Waals surface area contributed by atoms with Crippen LogP contribution in [-0.2, 0) is 22.9 Å². The van der Waals surface area contributed by atoms with Crippen molar-refractivity contribution in [3.8, 4) is 0 Å². The van der Waals surface area contributed by atoms with Crippen molar-refractivity contribution in [1.82, 2.24) is 15.6 Å². The second kappa shape index (κ2) is 11.7. The highest BCUT2D eigenvalue weighted by molar-refractivity contribution is 14.0. The number of guanidine groups is 1. The Labute approximate surface area is 200 Å². The van der Waals surface area contributed by atoms with Crippen molar-refractivity contribution >= 4 is 57.2 Å². The standard InChI is InChI=1S/C20H26ClN5O2S.HI/c1-2-22-20(23-11-9-16-7-8-19(21)25-15-16)24-12-14-29(27,28)26-13-10-17-5-3-4-6-18(17)26;/h3-8,15H,2,9-14H2,1H3,(H2,22,23,24);1H. The van der Waals surface area contributed by atoms with Gasteiger partial charge in [-0.25, -0.2) is 13.4 Å². The van der Waals surface area contributed by atoms with E-state index in [1.807, 2.05) is 37.3 Å². The van der Waals surface area contributed by atoms with E-state index >= 15 is 0 Å². The Kier molecular flexibility index (Phi) is 9.63. The van der Waals surface area contributed by atoms with Crippen molar-refractivity contribution < 1.29 is 8.42 Å². The fourth-order valence-electron chi connectivity index (χ4n) is 3.20. The summed E-state index contributed by atoms with van der Waals surface area (Å²) in [5.74, 6) is 0.574. The molecule has 1 aromatic heterocycles. The van der Waals surface area contributed by atoms with Gasteiger partial charge in [-0.3, -0.25) is 9.30 Å². The minimum absolute atomic E-state index is 0.